The number of amides is 2. The van der Waals surface area contributed by atoms with Gasteiger partial charge in [-0.05, 0) is 130 Å². The number of nitrogens with zero attached hydrogens (tertiary/aromatic N) is 11. The SMILES string of the molecule is COc1ccc(C(OC[C@H]2O[C@@H](n3cc(C)c(=O)[nH]c3=O)C[C@@H]2OP(=S)(CCC#N)OC[C@H]2O[C@@H](n3ccc(NC(=O)c4ccccc4)nc3=O)C[C@@H]2OP(=S)(CCC#N)OC[C@H]2O[C@@H](n3cnc4c(NC(=O)c5ccccc5)ncnc43)C[C@@H]2OP(CCC#N)N(C(C)C)C(C)C)(c2ccccc2)c2ccc(OC)cc2)cc1. The Morgan fingerprint density at radius 3 is 1.65 bits per heavy atom. The number of aromatic amines is 1. The highest BCUT2D eigenvalue weighted by Crippen LogP contribution is 2.58. The molecular formula is C79H87N14O16P3S2. The first-order valence-corrected chi connectivity index (χ1v) is 44.0. The first-order valence-electron chi connectivity index (χ1n) is 37.0. The maximum atomic E-state index is 14.3. The van der Waals surface area contributed by atoms with Crippen LogP contribution in [0.25, 0.3) is 11.2 Å². The third-order valence-electron chi connectivity index (χ3n) is 19.4. The van der Waals surface area contributed by atoms with Crippen LogP contribution >= 0.6 is 21.3 Å². The molecule has 3 unspecified atom stereocenters. The van der Waals surface area contributed by atoms with Gasteiger partial charge in [-0.25, -0.2) is 24.5 Å². The second-order valence-electron chi connectivity index (χ2n) is 27.6. The maximum absolute atomic E-state index is 14.3. The minimum Gasteiger partial charge on any atom is -0.497 e. The van der Waals surface area contributed by atoms with Crippen LogP contribution in [0.4, 0.5) is 11.6 Å². The highest BCUT2D eigenvalue weighted by atomic mass is 32.5. The van der Waals surface area contributed by atoms with E-state index in [-0.39, 0.29) is 93.3 Å². The molecule has 35 heteroatoms. The average Bonchev–Trinajstić information content (AvgIpc) is 0.960. The predicted molar refractivity (Wildman–Crippen MR) is 432 cm³/mol. The normalized spacial score (nSPS) is 20.9. The zero-order valence-corrected chi connectivity index (χ0v) is 67.9. The van der Waals surface area contributed by atoms with E-state index in [2.05, 4.69) is 86.1 Å². The Morgan fingerprint density at radius 2 is 1.12 bits per heavy atom. The number of nitriles is 3. The molecule has 3 aliphatic heterocycles. The number of ether oxygens (including phenoxy) is 6. The fraction of sp³-hybridized carbons (Fsp3) is 0.392. The first kappa shape index (κ1) is 84.0. The van der Waals surface area contributed by atoms with Gasteiger partial charge in [0.2, 0.25) is 0 Å². The van der Waals surface area contributed by atoms with Gasteiger partial charge in [-0.1, -0.05) is 91.0 Å². The van der Waals surface area contributed by atoms with Gasteiger partial charge in [0.05, 0.1) is 76.9 Å². The van der Waals surface area contributed by atoms with E-state index in [4.69, 9.17) is 74.7 Å². The van der Waals surface area contributed by atoms with Crippen LogP contribution in [0.3, 0.4) is 0 Å². The lowest BCUT2D eigenvalue weighted by molar-refractivity contribution is -0.0923. The number of methoxy groups -OCH3 is 2. The van der Waals surface area contributed by atoms with Crippen LogP contribution in [-0.4, -0.2) is 156 Å². The zero-order valence-electron chi connectivity index (χ0n) is 63.6. The molecular weight excluding hydrogens is 1560 g/mol. The molecule has 596 valence electrons. The van der Waals surface area contributed by atoms with Crippen LogP contribution in [0.1, 0.15) is 128 Å². The number of aryl methyl sites for hydroxylation is 1. The molecule has 30 nitrogen and oxygen atoms in total. The fourth-order valence-corrected chi connectivity index (χ4v) is 21.2. The Labute approximate surface area is 669 Å². The Bertz CT molecular complexity index is 5190. The third-order valence-corrected chi connectivity index (χ3v) is 28.1. The molecule has 114 heavy (non-hydrogen) atoms. The summed E-state index contributed by atoms with van der Waals surface area (Å²) in [7, 11) is 1.68. The minimum absolute atomic E-state index is 0.00648. The summed E-state index contributed by atoms with van der Waals surface area (Å²) >= 11 is 13.1. The second kappa shape index (κ2) is 38.3. The lowest BCUT2D eigenvalue weighted by Gasteiger charge is -2.39. The van der Waals surface area contributed by atoms with Crippen molar-refractivity contribution in [2.45, 2.75) is 146 Å². The number of hydrogen-bond donors (Lipinski definition) is 3. The van der Waals surface area contributed by atoms with Gasteiger partial charge in [0, 0.05) is 98.2 Å². The van der Waals surface area contributed by atoms with Crippen LogP contribution < -0.4 is 37.0 Å². The molecule has 2 amide bonds. The minimum atomic E-state index is -3.79. The lowest BCUT2D eigenvalue weighted by atomic mass is 9.80. The fourth-order valence-electron chi connectivity index (χ4n) is 14.0. The first-order chi connectivity index (χ1) is 55.0. The van der Waals surface area contributed by atoms with Crippen molar-refractivity contribution in [1.82, 2.24) is 43.3 Å². The van der Waals surface area contributed by atoms with E-state index in [9.17, 15) is 39.8 Å². The van der Waals surface area contributed by atoms with E-state index < -0.39 is 118 Å². The molecule has 0 spiro atoms. The quantitative estimate of drug-likeness (QED) is 0.0242. The van der Waals surface area contributed by atoms with Crippen molar-refractivity contribution in [3.63, 3.8) is 0 Å². The molecule has 0 saturated carbocycles. The van der Waals surface area contributed by atoms with Crippen LogP contribution in [0.5, 0.6) is 11.5 Å². The van der Waals surface area contributed by atoms with Gasteiger partial charge in [0.25, 0.3) is 17.4 Å². The van der Waals surface area contributed by atoms with Gasteiger partial charge in [-0.2, -0.15) is 20.8 Å². The topological polar surface area (TPSA) is 368 Å². The Kier molecular flexibility index (Phi) is 28.2. The maximum Gasteiger partial charge on any atom is 0.351 e. The highest BCUT2D eigenvalue weighted by Gasteiger charge is 2.48. The summed E-state index contributed by atoms with van der Waals surface area (Å²) in [5.74, 6) is 0.420. The number of anilines is 2. The van der Waals surface area contributed by atoms with Crippen LogP contribution in [-0.2, 0) is 70.8 Å². The van der Waals surface area contributed by atoms with Gasteiger partial charge < -0.3 is 61.7 Å². The summed E-state index contributed by atoms with van der Waals surface area (Å²) in [6, 6.07) is 49.7. The van der Waals surface area contributed by atoms with Gasteiger partial charge in [-0.15, -0.1) is 0 Å². The Balaban J connectivity index is 0.871. The van der Waals surface area contributed by atoms with Gasteiger partial charge >= 0.3 is 11.4 Å². The van der Waals surface area contributed by atoms with Crippen molar-refractivity contribution < 1.29 is 60.6 Å². The summed E-state index contributed by atoms with van der Waals surface area (Å²) in [6.07, 6.45) is -3.13. The molecule has 3 fully saturated rings. The monoisotopic (exact) mass is 1640 g/mol. The third kappa shape index (κ3) is 19.9. The van der Waals surface area contributed by atoms with Crippen LogP contribution in [0.2, 0.25) is 0 Å². The predicted octanol–water partition coefficient (Wildman–Crippen LogP) is 12.3. The number of H-pyrrole nitrogens is 1. The number of fused-ring (bicyclic) bond motifs is 1. The van der Waals surface area contributed by atoms with E-state index in [0.29, 0.717) is 51.1 Å². The van der Waals surface area contributed by atoms with Crippen molar-refractivity contribution in [3.8, 4) is 29.7 Å². The standard InChI is InChI=1S/C79H87N14O16P3S2/c1-51(2)93(52(3)4)110(39-17-35-80)107-61-42-70(92-50-85-71-72(83-49-84-73(71)92)88-76(96)55-22-13-9-14-23-55)105-65(61)47-102-111(113,40-18-36-81)109-63-43-68(90-38-34-67(87-77(90)97)86-75(95)54-20-11-8-12-21-54)106-66(63)48-103-112(114,41-19-37-82)108-62-44-69(91-45-53(5)74(94)89-78(91)98)104-64(62)46-101-79(56-24-15-10-16-25-56,57-26-30-59(99-6)31-27-57)58-28-32-60(100-7)33-29-58/h8-16,20-34,38,45,49-52,61-66,68-70H,17-19,39-44,46-48H2,1-7H3,(H,89,94,98)(H,83,84,88,96)(H,86,87,95,97)/t61-,62-,63-,64+,65+,66+,68+,69+,70+,110?,111?,112?/m0/s1. The number of rotatable bonds is 36. The number of nitrogens with one attached hydrogen (secondary N) is 3. The van der Waals surface area contributed by atoms with E-state index >= 15 is 0 Å². The van der Waals surface area contributed by atoms with Crippen LogP contribution in [0.15, 0.2) is 185 Å². The largest absolute Gasteiger partial charge is 0.497 e. The number of imidazole rings is 1. The van der Waals surface area contributed by atoms with Gasteiger partial charge in [-0.3, -0.25) is 37.7 Å². The molecule has 3 aliphatic rings. The number of carbonyl (C=O) groups excluding carboxylic acids is 2. The molecule has 5 aromatic carbocycles. The zero-order chi connectivity index (χ0) is 80.7. The number of benzene rings is 5. The molecule has 0 radical (unpaired) electrons. The Morgan fingerprint density at radius 1 is 0.632 bits per heavy atom. The summed E-state index contributed by atoms with van der Waals surface area (Å²) in [5.41, 5.74) is 0.230. The molecule has 12 rings (SSSR count). The van der Waals surface area contributed by atoms with E-state index in [1.165, 1.54) is 33.9 Å². The summed E-state index contributed by atoms with van der Waals surface area (Å²) in [6.45, 7) is 1.41. The number of aromatic nitrogens is 8. The molecule has 3 saturated heterocycles. The lowest BCUT2D eigenvalue weighted by Crippen LogP contribution is -2.38. The number of carbonyl (C=O) groups is 2. The van der Waals surface area contributed by atoms with Gasteiger partial charge in [0.15, 0.2) is 30.0 Å². The van der Waals surface area contributed by atoms with Crippen molar-refractivity contribution >= 4 is 79.5 Å². The molecule has 0 aliphatic carbocycles. The van der Waals surface area contributed by atoms with Gasteiger partial charge in [0.1, 0.15) is 74.5 Å². The van der Waals surface area contributed by atoms with Crippen molar-refractivity contribution in [2.75, 3.05) is 63.2 Å². The second-order valence-corrected chi connectivity index (χ2v) is 37.1. The molecule has 12 atom stereocenters. The van der Waals surface area contributed by atoms with E-state index in [1.807, 2.05) is 78.9 Å². The van der Waals surface area contributed by atoms with Crippen LogP contribution in [0, 0.1) is 40.9 Å². The number of hydrogen-bond acceptors (Lipinski definition) is 26. The highest BCUT2D eigenvalue weighted by molar-refractivity contribution is 8.10. The van der Waals surface area contributed by atoms with Crippen molar-refractivity contribution in [3.05, 3.63) is 235 Å². The summed E-state index contributed by atoms with van der Waals surface area (Å²) in [5, 5.41) is 36.2. The van der Waals surface area contributed by atoms with E-state index in [0.717, 1.165) is 5.56 Å². The average molecular weight is 1650 g/mol. The molecule has 3 N–H and O–H groups in total. The molecule has 0 bridgehead atoms. The molecule has 4 aromatic heterocycles. The molecule has 7 heterocycles. The van der Waals surface area contributed by atoms with E-state index in [1.54, 1.807) is 92.7 Å². The Hall–Kier alpha value is -9.45. The van der Waals surface area contributed by atoms with Crippen molar-refractivity contribution in [2.24, 2.45) is 0 Å². The summed E-state index contributed by atoms with van der Waals surface area (Å²) in [4.78, 5) is 88.1. The summed E-state index contributed by atoms with van der Waals surface area (Å²) < 4.78 is 81.1. The van der Waals surface area contributed by atoms with Crippen molar-refractivity contribution in [1.29, 1.82) is 15.8 Å². The smallest absolute Gasteiger partial charge is 0.351 e. The molecule has 9 aromatic rings.